The van der Waals surface area contributed by atoms with E-state index >= 15 is 0 Å². The smallest absolute Gasteiger partial charge is 0.363 e. The van der Waals surface area contributed by atoms with Crippen LogP contribution >= 0.6 is 0 Å². The monoisotopic (exact) mass is 372 g/mol. The molecule has 1 heterocycles. The Labute approximate surface area is 163 Å². The fourth-order valence-electron chi connectivity index (χ4n) is 3.22. The predicted octanol–water partition coefficient (Wildman–Crippen LogP) is 4.22. The highest BCUT2D eigenvalue weighted by Crippen LogP contribution is 2.41. The minimum Gasteiger partial charge on any atom is -0.465 e. The van der Waals surface area contributed by atoms with E-state index in [-0.39, 0.29) is 0 Å². The lowest BCUT2D eigenvalue weighted by molar-refractivity contribution is -0.148. The Balaban J connectivity index is 1.93. The van der Waals surface area contributed by atoms with Crippen molar-refractivity contribution in [2.75, 3.05) is 12.2 Å². The third-order valence-corrected chi connectivity index (χ3v) is 4.67. The molecular weight excluding hydrogens is 352 g/mol. The molecule has 140 valence electrons. The van der Waals surface area contributed by atoms with Crippen LogP contribution in [0.2, 0.25) is 0 Å². The molecule has 0 N–H and O–H groups in total. The van der Waals surface area contributed by atoms with E-state index in [1.807, 2.05) is 91.9 Å². The number of aryl methyl sites for hydroxylation is 1. The Kier molecular flexibility index (Phi) is 4.57. The zero-order chi connectivity index (χ0) is 19.6. The normalized spacial score (nSPS) is 18.4. The van der Waals surface area contributed by atoms with Gasteiger partial charge in [-0.3, -0.25) is 0 Å². The van der Waals surface area contributed by atoms with E-state index in [0.29, 0.717) is 17.1 Å². The average Bonchev–Trinajstić information content (AvgIpc) is 3.17. The first-order chi connectivity index (χ1) is 13.6. The Morgan fingerprint density at radius 3 is 2.14 bits per heavy atom. The van der Waals surface area contributed by atoms with Crippen molar-refractivity contribution in [3.05, 3.63) is 102 Å². The number of ether oxygens (including phenoxy) is 1. The number of methoxy groups -OCH3 is 1. The summed E-state index contributed by atoms with van der Waals surface area (Å²) in [5.41, 5.74) is 1.80. The molecule has 3 aromatic carbocycles. The van der Waals surface area contributed by atoms with E-state index in [4.69, 9.17) is 14.6 Å². The van der Waals surface area contributed by atoms with Crippen molar-refractivity contribution < 1.29 is 14.4 Å². The molecule has 0 spiro atoms. The first-order valence-electron chi connectivity index (χ1n) is 8.99. The highest BCUT2D eigenvalue weighted by Gasteiger charge is 2.54. The number of hydrogen-bond acceptors (Lipinski definition) is 5. The van der Waals surface area contributed by atoms with Crippen molar-refractivity contribution in [2.24, 2.45) is 4.99 Å². The molecule has 0 unspecified atom stereocenters. The highest BCUT2D eigenvalue weighted by molar-refractivity contribution is 6.01. The predicted molar refractivity (Wildman–Crippen MR) is 108 cm³/mol. The van der Waals surface area contributed by atoms with Crippen LogP contribution in [0.3, 0.4) is 0 Å². The molecule has 1 aliphatic heterocycles. The lowest BCUT2D eigenvalue weighted by Gasteiger charge is -2.32. The molecule has 0 radical (unpaired) electrons. The van der Waals surface area contributed by atoms with Gasteiger partial charge in [0.1, 0.15) is 0 Å². The minimum absolute atomic E-state index is 0.359. The lowest BCUT2D eigenvalue weighted by Crippen LogP contribution is -2.48. The molecule has 3 aromatic rings. The van der Waals surface area contributed by atoms with Crippen LogP contribution in [-0.4, -0.2) is 19.0 Å². The molecular formula is C23H20N2O3. The fourth-order valence-corrected chi connectivity index (χ4v) is 3.22. The molecule has 5 heteroatoms. The molecule has 0 amide bonds. The molecule has 1 atom stereocenters. The summed E-state index contributed by atoms with van der Waals surface area (Å²) in [5, 5.41) is 1.52. The van der Waals surface area contributed by atoms with Crippen molar-refractivity contribution >= 4 is 17.6 Å². The maximum absolute atomic E-state index is 13.1. The number of carbonyl (C=O) groups excluding carboxylic acids is 1. The van der Waals surface area contributed by atoms with Gasteiger partial charge in [-0.15, -0.1) is 0 Å². The van der Waals surface area contributed by atoms with Crippen LogP contribution in [0, 0.1) is 6.92 Å². The van der Waals surface area contributed by atoms with E-state index < -0.39 is 11.6 Å². The summed E-state index contributed by atoms with van der Waals surface area (Å²) in [4.78, 5) is 24.0. The first kappa shape index (κ1) is 17.8. The van der Waals surface area contributed by atoms with Crippen molar-refractivity contribution in [1.82, 2.24) is 0 Å². The number of hydrogen-bond donors (Lipinski definition) is 0. The van der Waals surface area contributed by atoms with Crippen molar-refractivity contribution in [1.29, 1.82) is 0 Å². The van der Waals surface area contributed by atoms with Gasteiger partial charge in [-0.1, -0.05) is 66.2 Å². The van der Waals surface area contributed by atoms with Crippen LogP contribution in [0.15, 0.2) is 89.9 Å². The number of nitrogens with zero attached hydrogens (tertiary/aromatic N) is 2. The second-order valence-corrected chi connectivity index (χ2v) is 6.53. The van der Waals surface area contributed by atoms with Gasteiger partial charge in [0.2, 0.25) is 0 Å². The topological polar surface area (TPSA) is 51.1 Å². The minimum atomic E-state index is -1.47. The van der Waals surface area contributed by atoms with Gasteiger partial charge in [-0.2, -0.15) is 5.06 Å². The molecule has 5 nitrogen and oxygen atoms in total. The van der Waals surface area contributed by atoms with E-state index in [1.165, 1.54) is 12.2 Å². The van der Waals surface area contributed by atoms with Gasteiger partial charge in [0.15, 0.2) is 0 Å². The van der Waals surface area contributed by atoms with Crippen LogP contribution in [0.25, 0.3) is 0 Å². The van der Waals surface area contributed by atoms with Gasteiger partial charge < -0.3 is 9.57 Å². The van der Waals surface area contributed by atoms with Crippen LogP contribution in [0.4, 0.5) is 5.69 Å². The van der Waals surface area contributed by atoms with Crippen LogP contribution < -0.4 is 5.06 Å². The second-order valence-electron chi connectivity index (χ2n) is 6.53. The lowest BCUT2D eigenvalue weighted by atomic mass is 9.98. The van der Waals surface area contributed by atoms with E-state index in [1.54, 1.807) is 0 Å². The van der Waals surface area contributed by atoms with Crippen molar-refractivity contribution in [3.63, 3.8) is 0 Å². The quantitative estimate of drug-likeness (QED) is 0.644. The van der Waals surface area contributed by atoms with Gasteiger partial charge >= 0.3 is 5.97 Å². The van der Waals surface area contributed by atoms with Crippen molar-refractivity contribution in [3.8, 4) is 0 Å². The Morgan fingerprint density at radius 1 is 0.929 bits per heavy atom. The maximum Gasteiger partial charge on any atom is 0.363 e. The number of benzene rings is 3. The largest absolute Gasteiger partial charge is 0.465 e. The summed E-state index contributed by atoms with van der Waals surface area (Å²) < 4.78 is 5.18. The molecule has 0 aromatic heterocycles. The van der Waals surface area contributed by atoms with Gasteiger partial charge in [0.05, 0.1) is 12.8 Å². The molecule has 0 saturated heterocycles. The number of anilines is 1. The zero-order valence-corrected chi connectivity index (χ0v) is 15.7. The number of rotatable bonds is 4. The molecule has 0 aliphatic carbocycles. The SMILES string of the molecule is COC(=O)[C@]1(c2ccccc2)N=C(c2ccc(C)cc2)ON1c1ccccc1. The van der Waals surface area contributed by atoms with Gasteiger partial charge in [0, 0.05) is 11.1 Å². The maximum atomic E-state index is 13.1. The summed E-state index contributed by atoms with van der Waals surface area (Å²) in [7, 11) is 1.36. The summed E-state index contributed by atoms with van der Waals surface area (Å²) >= 11 is 0. The van der Waals surface area contributed by atoms with Gasteiger partial charge in [-0.05, 0) is 31.2 Å². The molecule has 1 aliphatic rings. The molecule has 0 fully saturated rings. The number of esters is 1. The standard InChI is InChI=1S/C23H20N2O3/c1-17-13-15-18(16-14-17)21-24-23(22(26)27-2,19-9-5-3-6-10-19)25(28-21)20-11-7-4-8-12-20/h3-16H,1-2H3/t23-/m1/s1. The average molecular weight is 372 g/mol. The number of para-hydroxylation sites is 1. The number of hydroxylamine groups is 1. The Hall–Kier alpha value is -3.60. The third kappa shape index (κ3) is 2.91. The molecule has 4 rings (SSSR count). The fraction of sp³-hybridized carbons (Fsp3) is 0.130. The van der Waals surface area contributed by atoms with Crippen LogP contribution in [0.1, 0.15) is 16.7 Å². The van der Waals surface area contributed by atoms with Crippen LogP contribution in [0.5, 0.6) is 0 Å². The summed E-state index contributed by atoms with van der Waals surface area (Å²) in [6.45, 7) is 2.01. The summed E-state index contributed by atoms with van der Waals surface area (Å²) in [5.74, 6) is -0.164. The summed E-state index contributed by atoms with van der Waals surface area (Å²) in [6, 6.07) is 26.5. The zero-order valence-electron chi connectivity index (χ0n) is 15.7. The second kappa shape index (κ2) is 7.19. The van der Waals surface area contributed by atoms with Gasteiger partial charge in [0.25, 0.3) is 11.6 Å². The van der Waals surface area contributed by atoms with E-state index in [2.05, 4.69) is 0 Å². The van der Waals surface area contributed by atoms with Crippen LogP contribution in [-0.2, 0) is 20.0 Å². The first-order valence-corrected chi connectivity index (χ1v) is 8.99. The summed E-state index contributed by atoms with van der Waals surface area (Å²) in [6.07, 6.45) is 0. The Bertz CT molecular complexity index is 1000. The molecule has 28 heavy (non-hydrogen) atoms. The number of aliphatic imine (C=N–C) groups is 1. The number of carbonyl (C=O) groups is 1. The van der Waals surface area contributed by atoms with Gasteiger partial charge in [-0.25, -0.2) is 9.79 Å². The van der Waals surface area contributed by atoms with Crippen molar-refractivity contribution in [2.45, 2.75) is 12.6 Å². The molecule has 0 bridgehead atoms. The highest BCUT2D eigenvalue weighted by atomic mass is 16.7. The van der Waals surface area contributed by atoms with E-state index in [0.717, 1.165) is 11.1 Å². The van der Waals surface area contributed by atoms with E-state index in [9.17, 15) is 4.79 Å². The third-order valence-electron chi connectivity index (χ3n) is 4.67. The Morgan fingerprint density at radius 2 is 1.54 bits per heavy atom. The molecule has 0 saturated carbocycles.